The summed E-state index contributed by atoms with van der Waals surface area (Å²) in [5.74, 6) is 0.900. The molecule has 0 saturated heterocycles. The van der Waals surface area contributed by atoms with Crippen LogP contribution in [0.1, 0.15) is 35.6 Å². The molecule has 1 aliphatic rings. The van der Waals surface area contributed by atoms with Gasteiger partial charge in [0.05, 0.1) is 34.5 Å². The van der Waals surface area contributed by atoms with Crippen LogP contribution in [0.5, 0.6) is 17.2 Å². The third-order valence-corrected chi connectivity index (χ3v) is 8.57. The fourth-order valence-electron chi connectivity index (χ4n) is 3.86. The molecule has 9 heteroatoms. The lowest BCUT2D eigenvalue weighted by molar-refractivity contribution is 0.154. The Hall–Kier alpha value is -1.57. The molecule has 3 rings (SSSR count). The maximum Gasteiger partial charge on any atom is 0.352 e. The summed E-state index contributed by atoms with van der Waals surface area (Å²) in [6, 6.07) is 5.80. The van der Waals surface area contributed by atoms with Crippen molar-refractivity contribution in [3.8, 4) is 17.2 Å². The fourth-order valence-corrected chi connectivity index (χ4v) is 6.94. The number of hydrogen-bond donors (Lipinski definition) is 0. The second-order valence-corrected chi connectivity index (χ2v) is 9.88. The smallest absolute Gasteiger partial charge is 0.352 e. The molecule has 1 atom stereocenters. The van der Waals surface area contributed by atoms with Crippen molar-refractivity contribution in [1.82, 2.24) is 4.90 Å². The third-order valence-electron chi connectivity index (χ3n) is 5.09. The molecule has 0 bridgehead atoms. The Morgan fingerprint density at radius 1 is 1.07 bits per heavy atom. The molecule has 2 heterocycles. The fraction of sp³-hybridized carbons (Fsp3) is 0.524. The van der Waals surface area contributed by atoms with Gasteiger partial charge in [0.2, 0.25) is 5.75 Å². The number of benzene rings is 1. The number of hydrogen-bond acceptors (Lipinski definition) is 8. The van der Waals surface area contributed by atoms with Crippen LogP contribution in [0, 0.1) is 0 Å². The second kappa shape index (κ2) is 10.2. The summed E-state index contributed by atoms with van der Waals surface area (Å²) in [4.78, 5) is 3.54. The van der Waals surface area contributed by atoms with E-state index in [1.807, 2.05) is 26.0 Å². The summed E-state index contributed by atoms with van der Waals surface area (Å²) < 4.78 is 42.2. The molecule has 0 spiro atoms. The van der Waals surface area contributed by atoms with Crippen molar-refractivity contribution in [1.29, 1.82) is 0 Å². The maximum atomic E-state index is 14.0. The molecule has 0 N–H and O–H groups in total. The first-order chi connectivity index (χ1) is 14.5. The highest BCUT2D eigenvalue weighted by Gasteiger charge is 2.43. The van der Waals surface area contributed by atoms with Crippen molar-refractivity contribution in [3.05, 3.63) is 39.6 Å². The van der Waals surface area contributed by atoms with Crippen LogP contribution in [0.15, 0.2) is 23.6 Å². The number of rotatable bonds is 10. The molecular weight excluding hydrogens is 425 g/mol. The van der Waals surface area contributed by atoms with E-state index in [0.29, 0.717) is 23.8 Å². The van der Waals surface area contributed by atoms with Crippen LogP contribution in [0.4, 0.5) is 0 Å². The van der Waals surface area contributed by atoms with E-state index in [2.05, 4.69) is 16.3 Å². The Morgan fingerprint density at radius 2 is 1.70 bits per heavy atom. The number of nitrogens with zero attached hydrogens (tertiary/aromatic N) is 1. The lowest BCUT2D eigenvalue weighted by Crippen LogP contribution is -2.34. The SMILES string of the molecule is CCOP(=O)(OCC)C(c1cc(OC)c(OC)c(OC)c1)N1CCc2sccc2C1. The average molecular weight is 456 g/mol. The van der Waals surface area contributed by atoms with Crippen molar-refractivity contribution in [2.75, 3.05) is 41.1 Å². The number of methoxy groups -OCH3 is 3. The van der Waals surface area contributed by atoms with Crippen LogP contribution in [0.25, 0.3) is 0 Å². The van der Waals surface area contributed by atoms with Gasteiger partial charge in [0.25, 0.3) is 0 Å². The molecule has 0 fully saturated rings. The van der Waals surface area contributed by atoms with Crippen LogP contribution in [0.2, 0.25) is 0 Å². The zero-order valence-corrected chi connectivity index (χ0v) is 19.9. The minimum absolute atomic E-state index is 0.287. The molecule has 1 aliphatic heterocycles. The van der Waals surface area contributed by atoms with E-state index < -0.39 is 13.4 Å². The van der Waals surface area contributed by atoms with Crippen LogP contribution >= 0.6 is 18.9 Å². The van der Waals surface area contributed by atoms with Crippen molar-refractivity contribution in [3.63, 3.8) is 0 Å². The Balaban J connectivity index is 2.13. The van der Waals surface area contributed by atoms with Gasteiger partial charge in [-0.3, -0.25) is 9.46 Å². The van der Waals surface area contributed by atoms with Gasteiger partial charge in [-0.2, -0.15) is 0 Å². The summed E-state index contributed by atoms with van der Waals surface area (Å²) in [7, 11) is 1.18. The number of ether oxygens (including phenoxy) is 3. The summed E-state index contributed by atoms with van der Waals surface area (Å²) in [5, 5.41) is 2.10. The molecule has 1 aromatic heterocycles. The zero-order chi connectivity index (χ0) is 21.7. The minimum Gasteiger partial charge on any atom is -0.493 e. The largest absolute Gasteiger partial charge is 0.493 e. The van der Waals surface area contributed by atoms with Gasteiger partial charge in [0, 0.05) is 18.0 Å². The molecule has 1 aromatic carbocycles. The van der Waals surface area contributed by atoms with Crippen molar-refractivity contribution in [2.45, 2.75) is 32.6 Å². The monoisotopic (exact) mass is 455 g/mol. The van der Waals surface area contributed by atoms with Gasteiger partial charge < -0.3 is 23.3 Å². The average Bonchev–Trinajstić information content (AvgIpc) is 3.21. The summed E-state index contributed by atoms with van der Waals surface area (Å²) in [5.41, 5.74) is 2.00. The standard InChI is InChI=1S/C21H30NO6PS/c1-6-27-29(23,28-7-2)21(22-10-8-19-15(14-22)9-11-30-19)16-12-17(24-3)20(26-5)18(13-16)25-4/h9,11-13,21H,6-8,10,14H2,1-5H3. The molecule has 0 radical (unpaired) electrons. The highest BCUT2D eigenvalue weighted by atomic mass is 32.1. The first kappa shape index (κ1) is 23.1. The summed E-state index contributed by atoms with van der Waals surface area (Å²) in [6.07, 6.45) is 0.895. The van der Waals surface area contributed by atoms with E-state index in [9.17, 15) is 4.57 Å². The van der Waals surface area contributed by atoms with Gasteiger partial charge in [0.15, 0.2) is 11.5 Å². The molecular formula is C21H30NO6PS. The van der Waals surface area contributed by atoms with Gasteiger partial charge >= 0.3 is 7.60 Å². The van der Waals surface area contributed by atoms with Crippen LogP contribution in [-0.2, 0) is 26.6 Å². The minimum atomic E-state index is -3.52. The van der Waals surface area contributed by atoms with Gasteiger partial charge in [-0.15, -0.1) is 11.3 Å². The second-order valence-electron chi connectivity index (χ2n) is 6.80. The van der Waals surface area contributed by atoms with E-state index >= 15 is 0 Å². The van der Waals surface area contributed by atoms with Gasteiger partial charge in [-0.25, -0.2) is 0 Å². The lowest BCUT2D eigenvalue weighted by atomic mass is 10.1. The Kier molecular flexibility index (Phi) is 7.82. The molecule has 7 nitrogen and oxygen atoms in total. The van der Waals surface area contributed by atoms with E-state index in [-0.39, 0.29) is 13.2 Å². The van der Waals surface area contributed by atoms with Gasteiger partial charge in [0.1, 0.15) is 5.78 Å². The Bertz CT molecular complexity index is 866. The van der Waals surface area contributed by atoms with Crippen LogP contribution < -0.4 is 14.2 Å². The van der Waals surface area contributed by atoms with E-state index in [1.165, 1.54) is 10.4 Å². The van der Waals surface area contributed by atoms with Gasteiger partial charge in [-0.1, -0.05) is 0 Å². The predicted molar refractivity (Wildman–Crippen MR) is 118 cm³/mol. The Morgan fingerprint density at radius 3 is 2.23 bits per heavy atom. The van der Waals surface area contributed by atoms with Crippen LogP contribution in [-0.4, -0.2) is 46.0 Å². The third kappa shape index (κ3) is 4.53. The normalized spacial score (nSPS) is 15.5. The highest BCUT2D eigenvalue weighted by molar-refractivity contribution is 7.54. The first-order valence-electron chi connectivity index (χ1n) is 9.99. The van der Waals surface area contributed by atoms with Gasteiger partial charge in [-0.05, 0) is 55.0 Å². The molecule has 0 saturated carbocycles. The maximum absolute atomic E-state index is 14.0. The first-order valence-corrected chi connectivity index (χ1v) is 12.5. The predicted octanol–water partition coefficient (Wildman–Crippen LogP) is 5.10. The van der Waals surface area contributed by atoms with Crippen molar-refractivity contribution >= 4 is 18.9 Å². The quantitative estimate of drug-likeness (QED) is 0.462. The molecule has 0 aliphatic carbocycles. The summed E-state index contributed by atoms with van der Waals surface area (Å²) >= 11 is 1.77. The molecule has 1 unspecified atom stereocenters. The molecule has 30 heavy (non-hydrogen) atoms. The van der Waals surface area contributed by atoms with E-state index in [1.54, 1.807) is 32.7 Å². The molecule has 0 amide bonds. The van der Waals surface area contributed by atoms with Crippen molar-refractivity contribution in [2.24, 2.45) is 0 Å². The number of thiophene rings is 1. The zero-order valence-electron chi connectivity index (χ0n) is 18.2. The molecule has 2 aromatic rings. The summed E-state index contributed by atoms with van der Waals surface area (Å²) in [6.45, 7) is 5.64. The van der Waals surface area contributed by atoms with Crippen molar-refractivity contribution < 1.29 is 27.8 Å². The number of fused-ring (bicyclic) bond motifs is 1. The topological polar surface area (TPSA) is 66.5 Å². The lowest BCUT2D eigenvalue weighted by Gasteiger charge is -2.38. The van der Waals surface area contributed by atoms with E-state index in [0.717, 1.165) is 18.5 Å². The Labute approximate surface area is 182 Å². The molecule has 166 valence electrons. The highest BCUT2D eigenvalue weighted by Crippen LogP contribution is 2.63. The van der Waals surface area contributed by atoms with Crippen LogP contribution in [0.3, 0.4) is 0 Å². The van der Waals surface area contributed by atoms with E-state index in [4.69, 9.17) is 23.3 Å².